The monoisotopic (exact) mass is 434 g/mol. The highest BCUT2D eigenvalue weighted by molar-refractivity contribution is 7.98. The number of fused-ring (bicyclic) bond motifs is 1. The van der Waals surface area contributed by atoms with Gasteiger partial charge in [0, 0.05) is 16.3 Å². The second kappa shape index (κ2) is 10.0. The number of hydrogen-bond donors (Lipinski definition) is 2. The number of thioether (sulfide) groups is 1. The third-order valence-corrected chi connectivity index (χ3v) is 6.63. The van der Waals surface area contributed by atoms with Gasteiger partial charge < -0.3 is 15.4 Å². The van der Waals surface area contributed by atoms with Crippen molar-refractivity contribution in [1.82, 2.24) is 5.32 Å². The van der Waals surface area contributed by atoms with E-state index in [2.05, 4.69) is 71.3 Å². The van der Waals surface area contributed by atoms with Crippen molar-refractivity contribution in [1.29, 1.82) is 0 Å². The van der Waals surface area contributed by atoms with Crippen LogP contribution >= 0.6 is 24.0 Å². The van der Waals surface area contributed by atoms with E-state index in [1.807, 2.05) is 23.9 Å². The lowest BCUT2D eigenvalue weighted by molar-refractivity contribution is 0.412. The molecule has 0 radical (unpaired) electrons. The summed E-state index contributed by atoms with van der Waals surface area (Å²) >= 11 is 7.44. The largest absolute Gasteiger partial charge is 0.497 e. The molecule has 0 heterocycles. The molecule has 0 amide bonds. The lowest BCUT2D eigenvalue weighted by Gasteiger charge is -2.28. The molecule has 2 N–H and O–H groups in total. The predicted octanol–water partition coefficient (Wildman–Crippen LogP) is 6.35. The van der Waals surface area contributed by atoms with Gasteiger partial charge in [-0.3, -0.25) is 0 Å². The van der Waals surface area contributed by atoms with Crippen molar-refractivity contribution in [3.63, 3.8) is 0 Å². The molecule has 1 aliphatic rings. The van der Waals surface area contributed by atoms with Gasteiger partial charge in [0.25, 0.3) is 0 Å². The topological polar surface area (TPSA) is 33.3 Å². The summed E-state index contributed by atoms with van der Waals surface area (Å²) in [7, 11) is 1.71. The van der Waals surface area contributed by atoms with Gasteiger partial charge >= 0.3 is 0 Å². The number of nitrogens with one attached hydrogen (secondary N) is 2. The smallest absolute Gasteiger partial charge is 0.171 e. The highest BCUT2D eigenvalue weighted by Crippen LogP contribution is 2.32. The van der Waals surface area contributed by atoms with E-state index < -0.39 is 0 Å². The van der Waals surface area contributed by atoms with E-state index in [4.69, 9.17) is 17.0 Å². The van der Waals surface area contributed by atoms with E-state index in [9.17, 15) is 0 Å². The van der Waals surface area contributed by atoms with Crippen LogP contribution in [-0.2, 0) is 12.2 Å². The highest BCUT2D eigenvalue weighted by atomic mass is 32.2. The van der Waals surface area contributed by atoms with Crippen molar-refractivity contribution in [2.24, 2.45) is 0 Å². The minimum atomic E-state index is 0.237. The van der Waals surface area contributed by atoms with Gasteiger partial charge in [0.05, 0.1) is 13.2 Å². The number of hydrogen-bond acceptors (Lipinski definition) is 3. The average molecular weight is 435 g/mol. The molecular weight excluding hydrogens is 408 g/mol. The zero-order valence-corrected chi connectivity index (χ0v) is 18.7. The van der Waals surface area contributed by atoms with Gasteiger partial charge in [-0.15, -0.1) is 11.8 Å². The first-order valence-corrected chi connectivity index (χ1v) is 11.6. The van der Waals surface area contributed by atoms with Crippen LogP contribution in [-0.4, -0.2) is 12.2 Å². The molecule has 154 valence electrons. The Balaban J connectivity index is 1.32. The minimum Gasteiger partial charge on any atom is -0.497 e. The first-order chi connectivity index (χ1) is 14.7. The number of benzene rings is 3. The van der Waals surface area contributed by atoms with E-state index in [0.29, 0.717) is 5.11 Å². The molecule has 5 heteroatoms. The Labute approximate surface area is 188 Å². The Hall–Kier alpha value is -2.50. The number of anilines is 1. The van der Waals surface area contributed by atoms with Crippen LogP contribution < -0.4 is 15.4 Å². The van der Waals surface area contributed by atoms with Crippen LogP contribution in [0.5, 0.6) is 5.75 Å². The molecule has 1 atom stereocenters. The van der Waals surface area contributed by atoms with Crippen molar-refractivity contribution >= 4 is 34.8 Å². The summed E-state index contributed by atoms with van der Waals surface area (Å²) in [5.74, 6) is 1.87. The molecule has 0 fully saturated rings. The number of aryl methyl sites for hydroxylation is 1. The second-order valence-corrected chi connectivity index (χ2v) is 8.86. The van der Waals surface area contributed by atoms with Crippen molar-refractivity contribution in [3.05, 3.63) is 89.5 Å². The van der Waals surface area contributed by atoms with Crippen LogP contribution in [0.25, 0.3) is 0 Å². The third kappa shape index (κ3) is 5.35. The summed E-state index contributed by atoms with van der Waals surface area (Å²) in [6.07, 6.45) is 3.32. The molecule has 0 aromatic heterocycles. The fourth-order valence-electron chi connectivity index (χ4n) is 3.76. The Kier molecular flexibility index (Phi) is 6.92. The van der Waals surface area contributed by atoms with Gasteiger partial charge in [-0.1, -0.05) is 36.4 Å². The average Bonchev–Trinajstić information content (AvgIpc) is 2.79. The van der Waals surface area contributed by atoms with E-state index in [0.717, 1.165) is 36.5 Å². The summed E-state index contributed by atoms with van der Waals surface area (Å²) < 4.78 is 5.37. The quantitative estimate of drug-likeness (QED) is 0.349. The lowest BCUT2D eigenvalue weighted by atomic mass is 9.87. The molecule has 3 aromatic rings. The standard InChI is InChI=1S/C25H26N2OS2/c1-28-21-14-15-23-19(16-21)6-5-9-24(23)27-25(29)26-20-12-10-18(11-13-20)17-30-22-7-3-2-4-8-22/h2-4,7-8,10-16,24H,5-6,9,17H2,1H3,(H2,26,27,29)/t24-/m1/s1. The fraction of sp³-hybridized carbons (Fsp3) is 0.240. The van der Waals surface area contributed by atoms with Crippen molar-refractivity contribution < 1.29 is 4.74 Å². The first-order valence-electron chi connectivity index (χ1n) is 10.2. The van der Waals surface area contributed by atoms with Gasteiger partial charge in [0.15, 0.2) is 5.11 Å². The Morgan fingerprint density at radius 2 is 1.87 bits per heavy atom. The molecule has 0 saturated carbocycles. The molecule has 0 spiro atoms. The molecular formula is C25H26N2OS2. The molecule has 0 bridgehead atoms. The Morgan fingerprint density at radius 3 is 2.63 bits per heavy atom. The fourth-order valence-corrected chi connectivity index (χ4v) is 4.90. The Morgan fingerprint density at radius 1 is 1.07 bits per heavy atom. The van der Waals surface area contributed by atoms with Crippen LogP contribution in [0.2, 0.25) is 0 Å². The van der Waals surface area contributed by atoms with Crippen LogP contribution in [0, 0.1) is 0 Å². The highest BCUT2D eigenvalue weighted by Gasteiger charge is 2.21. The minimum absolute atomic E-state index is 0.237. The maximum Gasteiger partial charge on any atom is 0.171 e. The van der Waals surface area contributed by atoms with Crippen molar-refractivity contribution in [3.8, 4) is 5.75 Å². The third-order valence-electron chi connectivity index (χ3n) is 5.33. The molecule has 1 aliphatic carbocycles. The van der Waals surface area contributed by atoms with Crippen LogP contribution in [0.1, 0.15) is 35.6 Å². The van der Waals surface area contributed by atoms with Crippen LogP contribution in [0.15, 0.2) is 77.7 Å². The summed E-state index contributed by atoms with van der Waals surface area (Å²) in [4.78, 5) is 1.29. The molecule has 3 aromatic carbocycles. The van der Waals surface area contributed by atoms with Crippen molar-refractivity contribution in [2.45, 2.75) is 36.0 Å². The molecule has 0 saturated heterocycles. The summed E-state index contributed by atoms with van der Waals surface area (Å²) in [5.41, 5.74) is 4.97. The normalized spacial score (nSPS) is 15.2. The van der Waals surface area contributed by atoms with Gasteiger partial charge in [0.1, 0.15) is 5.75 Å². The maximum atomic E-state index is 5.59. The molecule has 0 unspecified atom stereocenters. The lowest BCUT2D eigenvalue weighted by Crippen LogP contribution is -2.34. The predicted molar refractivity (Wildman–Crippen MR) is 130 cm³/mol. The van der Waals surface area contributed by atoms with E-state index in [-0.39, 0.29) is 6.04 Å². The van der Waals surface area contributed by atoms with Gasteiger partial charge in [-0.05, 0) is 84.6 Å². The molecule has 3 nitrogen and oxygen atoms in total. The second-order valence-electron chi connectivity index (χ2n) is 7.41. The number of methoxy groups -OCH3 is 1. The zero-order valence-electron chi connectivity index (χ0n) is 17.1. The summed E-state index contributed by atoms with van der Waals surface area (Å²) in [5, 5.41) is 7.49. The van der Waals surface area contributed by atoms with E-state index in [1.165, 1.54) is 21.6 Å². The maximum absolute atomic E-state index is 5.59. The molecule has 30 heavy (non-hydrogen) atoms. The van der Waals surface area contributed by atoms with Crippen LogP contribution in [0.4, 0.5) is 5.69 Å². The van der Waals surface area contributed by atoms with E-state index >= 15 is 0 Å². The summed E-state index contributed by atoms with van der Waals surface area (Å²) in [6, 6.07) is 25.5. The van der Waals surface area contributed by atoms with Crippen LogP contribution in [0.3, 0.4) is 0 Å². The number of ether oxygens (including phenoxy) is 1. The zero-order chi connectivity index (χ0) is 20.8. The SMILES string of the molecule is COc1ccc2c(c1)CCC[C@H]2NC(=S)Nc1ccc(CSc2ccccc2)cc1. The van der Waals surface area contributed by atoms with Crippen molar-refractivity contribution in [2.75, 3.05) is 12.4 Å². The van der Waals surface area contributed by atoms with E-state index in [1.54, 1.807) is 7.11 Å². The first kappa shape index (κ1) is 20.8. The van der Waals surface area contributed by atoms with Gasteiger partial charge in [-0.25, -0.2) is 0 Å². The van der Waals surface area contributed by atoms with Gasteiger partial charge in [0.2, 0.25) is 0 Å². The molecule has 0 aliphatic heterocycles. The Bertz CT molecular complexity index is 990. The number of thiocarbonyl (C=S) groups is 1. The molecule has 4 rings (SSSR count). The van der Waals surface area contributed by atoms with Gasteiger partial charge in [-0.2, -0.15) is 0 Å². The summed E-state index contributed by atoms with van der Waals surface area (Å²) in [6.45, 7) is 0. The number of rotatable bonds is 6.